The number of nitrogens with zero attached hydrogens (tertiary/aromatic N) is 3. The van der Waals surface area contributed by atoms with Crippen LogP contribution in [-0.4, -0.2) is 31.2 Å². The lowest BCUT2D eigenvalue weighted by Gasteiger charge is -2.37. The zero-order chi connectivity index (χ0) is 13.9. The Kier molecular flexibility index (Phi) is 3.65. The van der Waals surface area contributed by atoms with Gasteiger partial charge in [-0.25, -0.2) is 4.98 Å². The number of hydrogen-bond donors (Lipinski definition) is 1. The number of nitrogen functional groups attached to an aromatic ring is 1. The molecule has 104 valence electrons. The van der Waals surface area contributed by atoms with E-state index in [1.54, 1.807) is 0 Å². The highest BCUT2D eigenvalue weighted by atomic mass is 35.5. The van der Waals surface area contributed by atoms with E-state index in [2.05, 4.69) is 14.8 Å². The van der Waals surface area contributed by atoms with Crippen molar-refractivity contribution in [2.75, 3.05) is 41.7 Å². The number of pyridine rings is 1. The molecule has 4 nitrogen and oxygen atoms in total. The van der Waals surface area contributed by atoms with Gasteiger partial charge in [0.25, 0.3) is 0 Å². The van der Waals surface area contributed by atoms with E-state index in [-0.39, 0.29) is 0 Å². The third-order valence-electron chi connectivity index (χ3n) is 3.58. The second-order valence-electron chi connectivity index (χ2n) is 4.87. The Morgan fingerprint density at radius 2 is 1.75 bits per heavy atom. The summed E-state index contributed by atoms with van der Waals surface area (Å²) in [6, 6.07) is 11.7. The summed E-state index contributed by atoms with van der Waals surface area (Å²) in [5, 5.41) is 0.679. The summed E-state index contributed by atoms with van der Waals surface area (Å²) in [7, 11) is 0. The summed E-state index contributed by atoms with van der Waals surface area (Å²) in [5.74, 6) is 1.04. The van der Waals surface area contributed by atoms with Crippen molar-refractivity contribution >= 4 is 28.8 Å². The highest BCUT2D eigenvalue weighted by molar-refractivity contribution is 6.31. The molecule has 1 aliphatic rings. The highest BCUT2D eigenvalue weighted by Gasteiger charge is 2.19. The lowest BCUT2D eigenvalue weighted by Crippen LogP contribution is -2.47. The molecule has 1 aliphatic heterocycles. The molecule has 1 fully saturated rings. The van der Waals surface area contributed by atoms with Crippen molar-refractivity contribution in [3.8, 4) is 0 Å². The fourth-order valence-electron chi connectivity index (χ4n) is 2.53. The van der Waals surface area contributed by atoms with Gasteiger partial charge in [-0.3, -0.25) is 0 Å². The molecule has 1 aromatic heterocycles. The first-order chi connectivity index (χ1) is 9.74. The average molecular weight is 289 g/mol. The second-order valence-corrected chi connectivity index (χ2v) is 5.30. The molecule has 0 spiro atoms. The number of aromatic nitrogens is 1. The monoisotopic (exact) mass is 288 g/mol. The van der Waals surface area contributed by atoms with Gasteiger partial charge in [0.2, 0.25) is 0 Å². The predicted octanol–water partition coefficient (Wildman–Crippen LogP) is 2.64. The average Bonchev–Trinajstić information content (AvgIpc) is 2.48. The second kappa shape index (κ2) is 5.59. The Labute approximate surface area is 123 Å². The van der Waals surface area contributed by atoms with Crippen LogP contribution in [0.5, 0.6) is 0 Å². The molecule has 5 heteroatoms. The molecule has 0 saturated carbocycles. The molecular weight excluding hydrogens is 272 g/mol. The Bertz CT molecular complexity index is 580. The summed E-state index contributed by atoms with van der Waals surface area (Å²) in [6.45, 7) is 3.75. The van der Waals surface area contributed by atoms with E-state index in [4.69, 9.17) is 17.3 Å². The first kappa shape index (κ1) is 13.1. The van der Waals surface area contributed by atoms with E-state index in [0.29, 0.717) is 5.02 Å². The number of piperazine rings is 1. The van der Waals surface area contributed by atoms with Crippen LogP contribution in [-0.2, 0) is 0 Å². The van der Waals surface area contributed by atoms with Gasteiger partial charge < -0.3 is 15.5 Å². The van der Waals surface area contributed by atoms with Crippen LogP contribution in [0.2, 0.25) is 5.02 Å². The SMILES string of the molecule is Nc1cc(Cl)ccc1N1CCN(c2ccccn2)CC1. The van der Waals surface area contributed by atoms with E-state index in [9.17, 15) is 0 Å². The molecule has 0 unspecified atom stereocenters. The van der Waals surface area contributed by atoms with Crippen molar-refractivity contribution in [2.45, 2.75) is 0 Å². The van der Waals surface area contributed by atoms with Crippen molar-refractivity contribution in [1.29, 1.82) is 0 Å². The van der Waals surface area contributed by atoms with Crippen LogP contribution in [0.3, 0.4) is 0 Å². The topological polar surface area (TPSA) is 45.4 Å². The minimum absolute atomic E-state index is 0.679. The fourth-order valence-corrected chi connectivity index (χ4v) is 2.71. The smallest absolute Gasteiger partial charge is 0.128 e. The van der Waals surface area contributed by atoms with E-state index >= 15 is 0 Å². The maximum Gasteiger partial charge on any atom is 0.128 e. The molecule has 2 N–H and O–H groups in total. The Morgan fingerprint density at radius 1 is 1.00 bits per heavy atom. The first-order valence-corrected chi connectivity index (χ1v) is 7.08. The van der Waals surface area contributed by atoms with Crippen LogP contribution in [0.25, 0.3) is 0 Å². The number of halogens is 1. The molecule has 0 aliphatic carbocycles. The summed E-state index contributed by atoms with van der Waals surface area (Å²) >= 11 is 5.94. The van der Waals surface area contributed by atoms with Gasteiger partial charge in [-0.05, 0) is 30.3 Å². The molecule has 20 heavy (non-hydrogen) atoms. The van der Waals surface area contributed by atoms with Gasteiger partial charge >= 0.3 is 0 Å². The summed E-state index contributed by atoms with van der Waals surface area (Å²) in [4.78, 5) is 8.99. The quantitative estimate of drug-likeness (QED) is 0.863. The minimum Gasteiger partial charge on any atom is -0.397 e. The number of anilines is 3. The fraction of sp³-hybridized carbons (Fsp3) is 0.267. The van der Waals surface area contributed by atoms with Crippen molar-refractivity contribution in [3.05, 3.63) is 47.6 Å². The molecule has 2 heterocycles. The van der Waals surface area contributed by atoms with Crippen LogP contribution < -0.4 is 15.5 Å². The predicted molar refractivity (Wildman–Crippen MR) is 84.5 cm³/mol. The van der Waals surface area contributed by atoms with Crippen molar-refractivity contribution in [1.82, 2.24) is 4.98 Å². The van der Waals surface area contributed by atoms with Gasteiger partial charge in [0.1, 0.15) is 5.82 Å². The number of benzene rings is 1. The molecular formula is C15H17ClN4. The zero-order valence-corrected chi connectivity index (χ0v) is 11.9. The van der Waals surface area contributed by atoms with E-state index in [1.807, 2.05) is 42.6 Å². The molecule has 0 bridgehead atoms. The van der Waals surface area contributed by atoms with Crippen molar-refractivity contribution in [2.24, 2.45) is 0 Å². The molecule has 2 aromatic rings. The van der Waals surface area contributed by atoms with Crippen LogP contribution in [0.1, 0.15) is 0 Å². The third-order valence-corrected chi connectivity index (χ3v) is 3.82. The maximum absolute atomic E-state index is 6.05. The number of hydrogen-bond acceptors (Lipinski definition) is 4. The van der Waals surface area contributed by atoms with Crippen LogP contribution >= 0.6 is 11.6 Å². The lowest BCUT2D eigenvalue weighted by atomic mass is 10.2. The zero-order valence-electron chi connectivity index (χ0n) is 11.2. The normalized spacial score (nSPS) is 15.4. The summed E-state index contributed by atoms with van der Waals surface area (Å²) in [6.07, 6.45) is 1.83. The van der Waals surface area contributed by atoms with Crippen molar-refractivity contribution in [3.63, 3.8) is 0 Å². The van der Waals surface area contributed by atoms with Gasteiger partial charge in [-0.1, -0.05) is 17.7 Å². The molecule has 3 rings (SSSR count). The molecule has 1 aromatic carbocycles. The Balaban J connectivity index is 1.69. The largest absolute Gasteiger partial charge is 0.397 e. The number of nitrogens with two attached hydrogens (primary N) is 1. The molecule has 0 radical (unpaired) electrons. The Morgan fingerprint density at radius 3 is 2.40 bits per heavy atom. The van der Waals surface area contributed by atoms with Gasteiger partial charge in [0.15, 0.2) is 0 Å². The first-order valence-electron chi connectivity index (χ1n) is 6.70. The summed E-state index contributed by atoms with van der Waals surface area (Å²) < 4.78 is 0. The van der Waals surface area contributed by atoms with Gasteiger partial charge in [0, 0.05) is 37.4 Å². The Hall–Kier alpha value is -1.94. The van der Waals surface area contributed by atoms with Crippen molar-refractivity contribution < 1.29 is 0 Å². The maximum atomic E-state index is 6.05. The van der Waals surface area contributed by atoms with E-state index in [0.717, 1.165) is 43.4 Å². The minimum atomic E-state index is 0.679. The van der Waals surface area contributed by atoms with E-state index in [1.165, 1.54) is 0 Å². The summed E-state index contributed by atoms with van der Waals surface area (Å²) in [5.41, 5.74) is 7.85. The standard InChI is InChI=1S/C15H17ClN4/c16-12-4-5-14(13(17)11-12)19-7-9-20(10-8-19)15-3-1-2-6-18-15/h1-6,11H,7-10,17H2. The lowest BCUT2D eigenvalue weighted by molar-refractivity contribution is 0.648. The van der Waals surface area contributed by atoms with Crippen LogP contribution in [0.15, 0.2) is 42.6 Å². The van der Waals surface area contributed by atoms with Crippen LogP contribution in [0.4, 0.5) is 17.2 Å². The number of rotatable bonds is 2. The molecule has 0 amide bonds. The third kappa shape index (κ3) is 2.65. The highest BCUT2D eigenvalue weighted by Crippen LogP contribution is 2.27. The van der Waals surface area contributed by atoms with Gasteiger partial charge in [-0.15, -0.1) is 0 Å². The van der Waals surface area contributed by atoms with Gasteiger partial charge in [-0.2, -0.15) is 0 Å². The van der Waals surface area contributed by atoms with Crippen LogP contribution in [0, 0.1) is 0 Å². The van der Waals surface area contributed by atoms with E-state index < -0.39 is 0 Å². The van der Waals surface area contributed by atoms with Gasteiger partial charge in [0.05, 0.1) is 11.4 Å². The molecule has 0 atom stereocenters. The molecule has 1 saturated heterocycles.